The number of aromatic nitrogens is 1. The van der Waals surface area contributed by atoms with Gasteiger partial charge in [0.15, 0.2) is 0 Å². The number of hydrogen-bond donors (Lipinski definition) is 2. The van der Waals surface area contributed by atoms with E-state index < -0.39 is 20.0 Å². The predicted octanol–water partition coefficient (Wildman–Crippen LogP) is 1.00. The van der Waals surface area contributed by atoms with E-state index in [1.165, 1.54) is 24.3 Å². The van der Waals surface area contributed by atoms with Gasteiger partial charge in [-0.1, -0.05) is 6.07 Å². The monoisotopic (exact) mass is 367 g/mol. The van der Waals surface area contributed by atoms with Gasteiger partial charge in [-0.05, 0) is 48.7 Å². The van der Waals surface area contributed by atoms with E-state index in [4.69, 9.17) is 0 Å². The summed E-state index contributed by atoms with van der Waals surface area (Å²) in [5.74, 6) is 0. The van der Waals surface area contributed by atoms with Gasteiger partial charge in [-0.3, -0.25) is 4.98 Å². The molecule has 1 aliphatic carbocycles. The predicted molar refractivity (Wildman–Crippen MR) is 88.0 cm³/mol. The van der Waals surface area contributed by atoms with Crippen molar-refractivity contribution in [2.24, 2.45) is 0 Å². The average molecular weight is 367 g/mol. The molecule has 0 spiro atoms. The minimum absolute atomic E-state index is 0.0416. The first-order valence-corrected chi connectivity index (χ1v) is 10.3. The van der Waals surface area contributed by atoms with Crippen LogP contribution in [0.15, 0.2) is 58.6 Å². The van der Waals surface area contributed by atoms with Crippen molar-refractivity contribution in [2.75, 3.05) is 0 Å². The zero-order chi connectivity index (χ0) is 17.2. The molecule has 1 aromatic carbocycles. The normalized spacial score (nSPS) is 15.3. The van der Waals surface area contributed by atoms with E-state index in [1.54, 1.807) is 24.5 Å². The summed E-state index contributed by atoms with van der Waals surface area (Å²) in [5, 5.41) is 0. The second-order valence-corrected chi connectivity index (χ2v) is 9.03. The zero-order valence-corrected chi connectivity index (χ0v) is 14.3. The Kier molecular flexibility index (Phi) is 4.68. The molecule has 24 heavy (non-hydrogen) atoms. The number of hydrogen-bond acceptors (Lipinski definition) is 5. The molecule has 9 heteroatoms. The lowest BCUT2D eigenvalue weighted by Gasteiger charge is -2.09. The van der Waals surface area contributed by atoms with Gasteiger partial charge in [-0.25, -0.2) is 26.3 Å². The van der Waals surface area contributed by atoms with Crippen molar-refractivity contribution in [3.05, 3.63) is 54.4 Å². The molecule has 0 bridgehead atoms. The maximum Gasteiger partial charge on any atom is 0.240 e. The van der Waals surface area contributed by atoms with Gasteiger partial charge in [0.1, 0.15) is 0 Å². The summed E-state index contributed by atoms with van der Waals surface area (Å²) in [6, 6.07) is 8.69. The summed E-state index contributed by atoms with van der Waals surface area (Å²) in [6.07, 6.45) is 4.76. The standard InChI is InChI=1S/C15H17N3O4S2/c19-23(20,17-11-12-6-8-16-9-7-12)14-2-1-3-15(10-14)24(21,22)18-13-4-5-13/h1-3,6-10,13,17-18H,4-5,11H2. The highest BCUT2D eigenvalue weighted by atomic mass is 32.2. The molecule has 1 aromatic heterocycles. The van der Waals surface area contributed by atoms with Crippen molar-refractivity contribution in [3.8, 4) is 0 Å². The van der Waals surface area contributed by atoms with E-state index in [9.17, 15) is 16.8 Å². The van der Waals surface area contributed by atoms with E-state index in [0.29, 0.717) is 0 Å². The molecule has 1 aliphatic rings. The van der Waals surface area contributed by atoms with Crippen molar-refractivity contribution in [1.29, 1.82) is 0 Å². The highest BCUT2D eigenvalue weighted by Gasteiger charge is 2.28. The molecule has 0 saturated heterocycles. The van der Waals surface area contributed by atoms with Crippen molar-refractivity contribution < 1.29 is 16.8 Å². The van der Waals surface area contributed by atoms with E-state index in [0.717, 1.165) is 18.4 Å². The van der Waals surface area contributed by atoms with Crippen LogP contribution in [0.2, 0.25) is 0 Å². The first kappa shape index (κ1) is 17.0. The highest BCUT2D eigenvalue weighted by Crippen LogP contribution is 2.23. The summed E-state index contributed by atoms with van der Waals surface area (Å²) in [4.78, 5) is 3.72. The average Bonchev–Trinajstić information content (AvgIpc) is 3.37. The molecule has 2 aromatic rings. The Morgan fingerprint density at radius 2 is 1.58 bits per heavy atom. The fourth-order valence-electron chi connectivity index (χ4n) is 2.06. The lowest BCUT2D eigenvalue weighted by Crippen LogP contribution is -2.27. The smallest absolute Gasteiger partial charge is 0.240 e. The third-order valence-electron chi connectivity index (χ3n) is 3.54. The Labute approximate surface area is 141 Å². The van der Waals surface area contributed by atoms with Crippen LogP contribution in [0.4, 0.5) is 0 Å². The molecule has 1 heterocycles. The van der Waals surface area contributed by atoms with E-state index in [1.807, 2.05) is 0 Å². The van der Waals surface area contributed by atoms with Gasteiger partial charge in [0.25, 0.3) is 0 Å². The first-order chi connectivity index (χ1) is 11.4. The second-order valence-electron chi connectivity index (χ2n) is 5.55. The summed E-state index contributed by atoms with van der Waals surface area (Å²) < 4.78 is 54.2. The molecule has 2 N–H and O–H groups in total. The molecule has 0 aliphatic heterocycles. The number of benzene rings is 1. The fourth-order valence-corrected chi connectivity index (χ4v) is 4.55. The Bertz CT molecular complexity index is 924. The van der Waals surface area contributed by atoms with Gasteiger partial charge >= 0.3 is 0 Å². The van der Waals surface area contributed by atoms with Crippen LogP contribution in [0.3, 0.4) is 0 Å². The van der Waals surface area contributed by atoms with Gasteiger partial charge in [-0.15, -0.1) is 0 Å². The van der Waals surface area contributed by atoms with Crippen molar-refractivity contribution in [2.45, 2.75) is 35.2 Å². The molecular weight excluding hydrogens is 350 g/mol. The van der Waals surface area contributed by atoms with Gasteiger partial charge in [0.05, 0.1) is 9.79 Å². The third kappa shape index (κ3) is 4.18. The number of sulfonamides is 2. The van der Waals surface area contributed by atoms with Gasteiger partial charge < -0.3 is 0 Å². The molecule has 7 nitrogen and oxygen atoms in total. The molecule has 3 rings (SSSR count). The van der Waals surface area contributed by atoms with E-state index >= 15 is 0 Å². The Morgan fingerprint density at radius 3 is 2.21 bits per heavy atom. The minimum Gasteiger partial charge on any atom is -0.265 e. The van der Waals surface area contributed by atoms with Crippen molar-refractivity contribution >= 4 is 20.0 Å². The summed E-state index contributed by atoms with van der Waals surface area (Å²) in [6.45, 7) is 0.0994. The van der Waals surface area contributed by atoms with Crippen LogP contribution in [0, 0.1) is 0 Å². The highest BCUT2D eigenvalue weighted by molar-refractivity contribution is 7.90. The van der Waals surface area contributed by atoms with E-state index in [-0.39, 0.29) is 22.4 Å². The van der Waals surface area contributed by atoms with Crippen LogP contribution in [-0.4, -0.2) is 27.9 Å². The molecule has 0 atom stereocenters. The number of pyridine rings is 1. The van der Waals surface area contributed by atoms with Gasteiger partial charge in [-0.2, -0.15) is 0 Å². The largest absolute Gasteiger partial charge is 0.265 e. The molecule has 1 saturated carbocycles. The van der Waals surface area contributed by atoms with Gasteiger partial charge in [0, 0.05) is 25.0 Å². The molecule has 1 fully saturated rings. The Hall–Kier alpha value is -1.81. The summed E-state index contributed by atoms with van der Waals surface area (Å²) in [5.41, 5.74) is 0.757. The molecule has 0 unspecified atom stereocenters. The quantitative estimate of drug-likeness (QED) is 0.760. The number of nitrogens with one attached hydrogen (secondary N) is 2. The number of rotatable bonds is 7. The lowest BCUT2D eigenvalue weighted by atomic mass is 10.3. The van der Waals surface area contributed by atoms with Crippen molar-refractivity contribution in [1.82, 2.24) is 14.4 Å². The zero-order valence-electron chi connectivity index (χ0n) is 12.7. The van der Waals surface area contributed by atoms with Crippen LogP contribution >= 0.6 is 0 Å². The molecular formula is C15H17N3O4S2. The maximum absolute atomic E-state index is 12.4. The van der Waals surface area contributed by atoms with Crippen LogP contribution in [0.1, 0.15) is 18.4 Å². The Balaban J connectivity index is 1.79. The first-order valence-electron chi connectivity index (χ1n) is 7.38. The fraction of sp³-hybridized carbons (Fsp3) is 0.267. The third-order valence-corrected chi connectivity index (χ3v) is 6.46. The van der Waals surface area contributed by atoms with Crippen LogP contribution < -0.4 is 9.44 Å². The second kappa shape index (κ2) is 6.60. The van der Waals surface area contributed by atoms with Gasteiger partial charge in [0.2, 0.25) is 20.0 Å². The minimum atomic E-state index is -3.82. The Morgan fingerprint density at radius 1 is 0.958 bits per heavy atom. The maximum atomic E-state index is 12.4. The lowest BCUT2D eigenvalue weighted by molar-refractivity contribution is 0.579. The number of nitrogens with zero attached hydrogens (tertiary/aromatic N) is 1. The SMILES string of the molecule is O=S(=O)(NCc1ccncc1)c1cccc(S(=O)(=O)NC2CC2)c1. The molecule has 0 amide bonds. The van der Waals surface area contributed by atoms with Crippen molar-refractivity contribution in [3.63, 3.8) is 0 Å². The topological polar surface area (TPSA) is 105 Å². The van der Waals surface area contributed by atoms with Crippen LogP contribution in [0.5, 0.6) is 0 Å². The summed E-state index contributed by atoms with van der Waals surface area (Å²) >= 11 is 0. The van der Waals surface area contributed by atoms with Crippen LogP contribution in [0.25, 0.3) is 0 Å². The van der Waals surface area contributed by atoms with E-state index in [2.05, 4.69) is 14.4 Å². The summed E-state index contributed by atoms with van der Waals surface area (Å²) in [7, 11) is -7.51. The molecule has 0 radical (unpaired) electrons. The molecule has 128 valence electrons. The van der Waals surface area contributed by atoms with Crippen LogP contribution in [-0.2, 0) is 26.6 Å².